The van der Waals surface area contributed by atoms with Crippen LogP contribution in [0.1, 0.15) is 45.4 Å². The van der Waals surface area contributed by atoms with Crippen LogP contribution in [0.4, 0.5) is 15.2 Å². The average molecular weight is 381 g/mol. The molecule has 1 aliphatic rings. The van der Waals surface area contributed by atoms with Crippen molar-refractivity contribution < 1.29 is 9.18 Å². The smallest absolute Gasteiger partial charge is 0.263 e. The van der Waals surface area contributed by atoms with Gasteiger partial charge in [-0.05, 0) is 61.6 Å². The van der Waals surface area contributed by atoms with E-state index >= 15 is 0 Å². The molecule has 3 aromatic rings. The number of aryl methyl sites for hydroxylation is 2. The summed E-state index contributed by atoms with van der Waals surface area (Å²) in [7, 11) is 0. The fourth-order valence-electron chi connectivity index (χ4n) is 3.44. The van der Waals surface area contributed by atoms with Gasteiger partial charge >= 0.3 is 0 Å². The van der Waals surface area contributed by atoms with E-state index in [2.05, 4.69) is 27.8 Å². The Morgan fingerprint density at radius 3 is 2.78 bits per heavy atom. The van der Waals surface area contributed by atoms with Gasteiger partial charge in [0, 0.05) is 5.69 Å². The molecule has 1 amide bonds. The largest absolute Gasteiger partial charge is 0.344 e. The monoisotopic (exact) mass is 381 g/mol. The molecule has 2 aromatic carbocycles. The van der Waals surface area contributed by atoms with Crippen LogP contribution in [-0.2, 0) is 6.42 Å². The molecule has 0 fully saturated rings. The number of rotatable bonds is 4. The molecule has 1 atom stereocenters. The molecule has 6 heteroatoms. The summed E-state index contributed by atoms with van der Waals surface area (Å²) in [4.78, 5) is 17.9. The summed E-state index contributed by atoms with van der Waals surface area (Å²) in [5.74, 6) is -0.387. The van der Waals surface area contributed by atoms with E-state index in [0.29, 0.717) is 15.7 Å². The van der Waals surface area contributed by atoms with Crippen LogP contribution in [0.3, 0.4) is 0 Å². The van der Waals surface area contributed by atoms with Crippen LogP contribution in [0.5, 0.6) is 0 Å². The lowest BCUT2D eigenvalue weighted by Gasteiger charge is -2.26. The maximum atomic E-state index is 13.0. The van der Waals surface area contributed by atoms with Gasteiger partial charge in [0.2, 0.25) is 0 Å². The van der Waals surface area contributed by atoms with Crippen molar-refractivity contribution in [1.82, 2.24) is 10.3 Å². The third kappa shape index (κ3) is 3.85. The van der Waals surface area contributed by atoms with Crippen molar-refractivity contribution in [2.75, 3.05) is 5.32 Å². The quantitative estimate of drug-likeness (QED) is 0.658. The van der Waals surface area contributed by atoms with Gasteiger partial charge in [-0.1, -0.05) is 35.6 Å². The third-order valence-electron chi connectivity index (χ3n) is 4.77. The summed E-state index contributed by atoms with van der Waals surface area (Å²) < 4.78 is 13.0. The van der Waals surface area contributed by atoms with Crippen molar-refractivity contribution in [1.29, 1.82) is 0 Å². The molecule has 0 radical (unpaired) electrons. The number of carbonyl (C=O) groups is 1. The van der Waals surface area contributed by atoms with E-state index in [1.807, 2.05) is 19.1 Å². The molecule has 27 heavy (non-hydrogen) atoms. The number of carbonyl (C=O) groups excluding carboxylic acids is 1. The Labute approximate surface area is 161 Å². The molecule has 1 heterocycles. The van der Waals surface area contributed by atoms with Crippen LogP contribution in [-0.4, -0.2) is 10.9 Å². The fourth-order valence-corrected chi connectivity index (χ4v) is 4.33. The highest BCUT2D eigenvalue weighted by atomic mass is 32.1. The highest BCUT2D eigenvalue weighted by Gasteiger charge is 2.24. The molecule has 0 saturated carbocycles. The molecule has 0 aliphatic heterocycles. The third-order valence-corrected chi connectivity index (χ3v) is 5.84. The van der Waals surface area contributed by atoms with E-state index in [-0.39, 0.29) is 17.8 Å². The minimum Gasteiger partial charge on any atom is -0.344 e. The molecule has 1 aliphatic carbocycles. The number of halogens is 1. The van der Waals surface area contributed by atoms with E-state index in [1.54, 1.807) is 12.1 Å². The molecule has 1 aromatic heterocycles. The first kappa shape index (κ1) is 17.7. The highest BCUT2D eigenvalue weighted by molar-refractivity contribution is 7.17. The Morgan fingerprint density at radius 1 is 1.19 bits per heavy atom. The summed E-state index contributed by atoms with van der Waals surface area (Å²) in [6.07, 6.45) is 3.08. The van der Waals surface area contributed by atoms with Crippen LogP contribution >= 0.6 is 11.3 Å². The minimum absolute atomic E-state index is 0.0393. The molecular formula is C21H20FN3OS. The first-order chi connectivity index (χ1) is 13.1. The second-order valence-corrected chi connectivity index (χ2v) is 7.68. The Balaban J connectivity index is 1.50. The van der Waals surface area contributed by atoms with Crippen molar-refractivity contribution in [3.8, 4) is 0 Å². The molecule has 0 bridgehead atoms. The summed E-state index contributed by atoms with van der Waals surface area (Å²) >= 11 is 1.31. The molecule has 4 nitrogen and oxygen atoms in total. The lowest BCUT2D eigenvalue weighted by atomic mass is 9.88. The molecule has 1 unspecified atom stereocenters. The zero-order valence-corrected chi connectivity index (χ0v) is 15.8. The summed E-state index contributed by atoms with van der Waals surface area (Å²) in [5.41, 5.74) is 3.95. The zero-order valence-electron chi connectivity index (χ0n) is 15.0. The predicted molar refractivity (Wildman–Crippen MR) is 106 cm³/mol. The van der Waals surface area contributed by atoms with Gasteiger partial charge in [-0.25, -0.2) is 9.37 Å². The lowest BCUT2D eigenvalue weighted by molar-refractivity contribution is 0.0936. The highest BCUT2D eigenvalue weighted by Crippen LogP contribution is 2.31. The summed E-state index contributed by atoms with van der Waals surface area (Å²) in [6, 6.07) is 14.4. The van der Waals surface area contributed by atoms with Crippen molar-refractivity contribution in [3.63, 3.8) is 0 Å². The second-order valence-electron chi connectivity index (χ2n) is 6.68. The maximum absolute atomic E-state index is 13.0. The number of hydrogen-bond donors (Lipinski definition) is 2. The maximum Gasteiger partial charge on any atom is 0.263 e. The Kier molecular flexibility index (Phi) is 4.90. The van der Waals surface area contributed by atoms with E-state index in [4.69, 9.17) is 0 Å². The van der Waals surface area contributed by atoms with Crippen molar-refractivity contribution >= 4 is 28.1 Å². The minimum atomic E-state index is -0.288. The SMILES string of the molecule is Cc1nc(Nc2ccc(F)cc2)sc1C(=O)NC1CCCc2ccccc21. The topological polar surface area (TPSA) is 54.0 Å². The second kappa shape index (κ2) is 7.48. The van der Waals surface area contributed by atoms with Crippen molar-refractivity contribution in [3.05, 3.63) is 76.0 Å². The van der Waals surface area contributed by atoms with Gasteiger partial charge in [-0.2, -0.15) is 0 Å². The van der Waals surface area contributed by atoms with Gasteiger partial charge in [0.15, 0.2) is 5.13 Å². The van der Waals surface area contributed by atoms with E-state index < -0.39 is 0 Å². The number of hydrogen-bond acceptors (Lipinski definition) is 4. The Morgan fingerprint density at radius 2 is 1.96 bits per heavy atom. The first-order valence-corrected chi connectivity index (χ1v) is 9.80. The molecule has 138 valence electrons. The molecule has 4 rings (SSSR count). The zero-order chi connectivity index (χ0) is 18.8. The standard InChI is InChI=1S/C21H20FN3OS/c1-13-19(27-21(23-13)24-16-11-9-15(22)10-12-16)20(26)25-18-8-4-6-14-5-2-3-7-17(14)18/h2-3,5,7,9-12,18H,4,6,8H2,1H3,(H,23,24)(H,25,26). The number of nitrogens with one attached hydrogen (secondary N) is 2. The molecule has 0 spiro atoms. The Bertz CT molecular complexity index is 968. The first-order valence-electron chi connectivity index (χ1n) is 8.99. The number of fused-ring (bicyclic) bond motifs is 1. The van der Waals surface area contributed by atoms with Crippen LogP contribution in [0.2, 0.25) is 0 Å². The van der Waals surface area contributed by atoms with Gasteiger partial charge in [0.25, 0.3) is 5.91 Å². The van der Waals surface area contributed by atoms with Crippen molar-refractivity contribution in [2.24, 2.45) is 0 Å². The van der Waals surface area contributed by atoms with Gasteiger partial charge in [0.1, 0.15) is 10.7 Å². The Hall–Kier alpha value is -2.73. The van der Waals surface area contributed by atoms with E-state index in [1.165, 1.54) is 34.6 Å². The van der Waals surface area contributed by atoms with E-state index in [0.717, 1.165) is 24.9 Å². The normalized spacial score (nSPS) is 15.9. The molecular weight excluding hydrogens is 361 g/mol. The number of benzene rings is 2. The van der Waals surface area contributed by atoms with Crippen LogP contribution < -0.4 is 10.6 Å². The predicted octanol–water partition coefficient (Wildman–Crippen LogP) is 5.14. The molecule has 0 saturated heterocycles. The van der Waals surface area contributed by atoms with Crippen molar-refractivity contribution in [2.45, 2.75) is 32.2 Å². The average Bonchev–Trinajstić information content (AvgIpc) is 3.04. The number of nitrogens with zero attached hydrogens (tertiary/aromatic N) is 1. The fraction of sp³-hybridized carbons (Fsp3) is 0.238. The van der Waals surface area contributed by atoms with Gasteiger partial charge in [-0.3, -0.25) is 4.79 Å². The van der Waals surface area contributed by atoms with Gasteiger partial charge in [0.05, 0.1) is 11.7 Å². The van der Waals surface area contributed by atoms with Gasteiger partial charge in [-0.15, -0.1) is 0 Å². The summed E-state index contributed by atoms with van der Waals surface area (Å²) in [5, 5.41) is 6.92. The lowest BCUT2D eigenvalue weighted by Crippen LogP contribution is -2.30. The van der Waals surface area contributed by atoms with E-state index in [9.17, 15) is 9.18 Å². The van der Waals surface area contributed by atoms with Crippen LogP contribution in [0, 0.1) is 12.7 Å². The number of aromatic nitrogens is 1. The van der Waals surface area contributed by atoms with Crippen LogP contribution in [0.25, 0.3) is 0 Å². The summed E-state index contributed by atoms with van der Waals surface area (Å²) in [6.45, 7) is 1.83. The number of amides is 1. The molecule has 2 N–H and O–H groups in total. The number of anilines is 2. The number of thiazole rings is 1. The van der Waals surface area contributed by atoms with Crippen LogP contribution in [0.15, 0.2) is 48.5 Å². The van der Waals surface area contributed by atoms with Gasteiger partial charge < -0.3 is 10.6 Å².